The van der Waals surface area contributed by atoms with E-state index in [2.05, 4.69) is 0 Å². The molecular formula is C9H12MgO3S+2. The van der Waals surface area contributed by atoms with Crippen molar-refractivity contribution in [2.45, 2.75) is 12.7 Å². The second kappa shape index (κ2) is 7.22. The van der Waals surface area contributed by atoms with Crippen molar-refractivity contribution < 1.29 is 13.5 Å². The van der Waals surface area contributed by atoms with Crippen molar-refractivity contribution in [3.8, 4) is 5.75 Å². The molecular weight excluding hydrogens is 212 g/mol. The van der Waals surface area contributed by atoms with Gasteiger partial charge < -0.3 is 9.29 Å². The van der Waals surface area contributed by atoms with E-state index in [9.17, 15) is 4.21 Å². The van der Waals surface area contributed by atoms with Crippen LogP contribution >= 0.6 is 0 Å². The van der Waals surface area contributed by atoms with Gasteiger partial charge in [-0.2, -0.15) is 0 Å². The van der Waals surface area contributed by atoms with Gasteiger partial charge >= 0.3 is 23.1 Å². The Labute approximate surface area is 102 Å². The molecule has 1 N–H and O–H groups in total. The van der Waals surface area contributed by atoms with Crippen molar-refractivity contribution in [3.05, 3.63) is 29.8 Å². The molecule has 0 aromatic heterocycles. The molecule has 0 bridgehead atoms. The van der Waals surface area contributed by atoms with Gasteiger partial charge in [-0.1, -0.05) is 18.2 Å². The minimum absolute atomic E-state index is 0. The molecule has 1 rings (SSSR count). The maximum atomic E-state index is 10.6. The van der Waals surface area contributed by atoms with E-state index in [1.54, 1.807) is 12.1 Å². The quantitative estimate of drug-likeness (QED) is 0.622. The fourth-order valence-corrected chi connectivity index (χ4v) is 1.56. The van der Waals surface area contributed by atoms with Gasteiger partial charge in [0.05, 0.1) is 12.4 Å². The van der Waals surface area contributed by atoms with E-state index in [1.807, 2.05) is 19.1 Å². The summed E-state index contributed by atoms with van der Waals surface area (Å²) in [6.07, 6.45) is 0. The summed E-state index contributed by atoms with van der Waals surface area (Å²) in [7, 11) is 0. The van der Waals surface area contributed by atoms with Gasteiger partial charge in [0.15, 0.2) is 11.1 Å². The molecule has 0 amide bonds. The second-order valence-corrected chi connectivity index (χ2v) is 3.44. The summed E-state index contributed by atoms with van der Waals surface area (Å²) < 4.78 is 24.6. The summed E-state index contributed by atoms with van der Waals surface area (Å²) in [5.41, 5.74) is 0.769. The fraction of sp³-hybridized carbons (Fsp3) is 0.333. The van der Waals surface area contributed by atoms with Gasteiger partial charge in [-0.3, -0.25) is 0 Å². The summed E-state index contributed by atoms with van der Waals surface area (Å²) in [4.78, 5) is 0. The Bertz CT molecular complexity index is 304. The summed E-state index contributed by atoms with van der Waals surface area (Å²) in [6, 6.07) is 7.25. The molecule has 1 aromatic rings. The van der Waals surface area contributed by atoms with Crippen molar-refractivity contribution >= 4 is 34.1 Å². The summed E-state index contributed by atoms with van der Waals surface area (Å²) in [5, 5.41) is 0. The first-order valence-electron chi connectivity index (χ1n) is 4.02. The van der Waals surface area contributed by atoms with Gasteiger partial charge in [0.1, 0.15) is 5.75 Å². The van der Waals surface area contributed by atoms with E-state index >= 15 is 0 Å². The van der Waals surface area contributed by atoms with Crippen LogP contribution < -0.4 is 4.74 Å². The monoisotopic (exact) mass is 224 g/mol. The van der Waals surface area contributed by atoms with Crippen LogP contribution in [0.2, 0.25) is 0 Å². The molecule has 0 saturated heterocycles. The Hall–Kier alpha value is -0.104. The van der Waals surface area contributed by atoms with E-state index in [0.29, 0.717) is 12.4 Å². The SMILES string of the molecule is CCOc1ccccc1CS(=O)O.[Mg+2]. The predicted molar refractivity (Wildman–Crippen MR) is 57.8 cm³/mol. The van der Waals surface area contributed by atoms with Crippen molar-refractivity contribution in [2.75, 3.05) is 6.61 Å². The Morgan fingerprint density at radius 3 is 2.64 bits per heavy atom. The van der Waals surface area contributed by atoms with Gasteiger partial charge in [0.2, 0.25) is 0 Å². The van der Waals surface area contributed by atoms with Crippen LogP contribution in [0.1, 0.15) is 12.5 Å². The minimum atomic E-state index is -1.81. The molecule has 0 fully saturated rings. The van der Waals surface area contributed by atoms with Gasteiger partial charge in [-0.15, -0.1) is 0 Å². The molecule has 1 aromatic carbocycles. The van der Waals surface area contributed by atoms with Crippen LogP contribution in [0, 0.1) is 0 Å². The normalized spacial score (nSPS) is 11.6. The fourth-order valence-electron chi connectivity index (χ4n) is 1.05. The van der Waals surface area contributed by atoms with E-state index in [4.69, 9.17) is 9.29 Å². The summed E-state index contributed by atoms with van der Waals surface area (Å²) in [5.74, 6) is 0.809. The second-order valence-electron chi connectivity index (χ2n) is 2.51. The van der Waals surface area contributed by atoms with Crippen LogP contribution in [-0.2, 0) is 16.8 Å². The summed E-state index contributed by atoms with van der Waals surface area (Å²) in [6.45, 7) is 2.45. The van der Waals surface area contributed by atoms with Crippen LogP contribution in [0.3, 0.4) is 0 Å². The Morgan fingerprint density at radius 2 is 2.07 bits per heavy atom. The first kappa shape index (κ1) is 13.9. The third-order valence-corrected chi connectivity index (χ3v) is 2.11. The van der Waals surface area contributed by atoms with E-state index in [0.717, 1.165) is 5.56 Å². The number of rotatable bonds is 4. The Balaban J connectivity index is 0.00000169. The zero-order valence-electron chi connectivity index (χ0n) is 8.10. The number of hydrogen-bond acceptors (Lipinski definition) is 2. The maximum Gasteiger partial charge on any atom is 2.00 e. The summed E-state index contributed by atoms with van der Waals surface area (Å²) >= 11 is -1.81. The van der Waals surface area contributed by atoms with Crippen LogP contribution in [-0.4, -0.2) is 38.4 Å². The van der Waals surface area contributed by atoms with Crippen molar-refractivity contribution in [1.29, 1.82) is 0 Å². The molecule has 0 aliphatic heterocycles. The number of para-hydroxylation sites is 1. The number of benzene rings is 1. The molecule has 1 unspecified atom stereocenters. The molecule has 3 nitrogen and oxygen atoms in total. The van der Waals surface area contributed by atoms with Crippen molar-refractivity contribution in [3.63, 3.8) is 0 Å². The largest absolute Gasteiger partial charge is 2.00 e. The van der Waals surface area contributed by atoms with Crippen LogP contribution in [0.5, 0.6) is 5.75 Å². The molecule has 0 aliphatic rings. The topological polar surface area (TPSA) is 46.5 Å². The molecule has 0 saturated carbocycles. The van der Waals surface area contributed by atoms with Gasteiger partial charge in [0.25, 0.3) is 0 Å². The van der Waals surface area contributed by atoms with Gasteiger partial charge in [-0.25, -0.2) is 4.21 Å². The average molecular weight is 225 g/mol. The number of hydrogen-bond donors (Lipinski definition) is 1. The van der Waals surface area contributed by atoms with E-state index in [-0.39, 0.29) is 28.8 Å². The van der Waals surface area contributed by atoms with E-state index in [1.165, 1.54) is 0 Å². The first-order chi connectivity index (χ1) is 6.24. The first-order valence-corrected chi connectivity index (χ1v) is 5.29. The van der Waals surface area contributed by atoms with Crippen molar-refractivity contribution in [2.24, 2.45) is 0 Å². The zero-order valence-corrected chi connectivity index (χ0v) is 10.3. The predicted octanol–water partition coefficient (Wildman–Crippen LogP) is 1.43. The molecule has 0 heterocycles. The molecule has 14 heavy (non-hydrogen) atoms. The molecule has 0 radical (unpaired) electrons. The molecule has 72 valence electrons. The van der Waals surface area contributed by atoms with Gasteiger partial charge in [0, 0.05) is 5.56 Å². The Kier molecular flexibility index (Phi) is 7.17. The number of ether oxygens (including phenoxy) is 1. The minimum Gasteiger partial charge on any atom is -0.494 e. The van der Waals surface area contributed by atoms with Crippen LogP contribution in [0.25, 0.3) is 0 Å². The third kappa shape index (κ3) is 4.41. The zero-order chi connectivity index (χ0) is 9.68. The smallest absolute Gasteiger partial charge is 0.494 e. The molecule has 0 spiro atoms. The van der Waals surface area contributed by atoms with Crippen LogP contribution in [0.4, 0.5) is 0 Å². The Morgan fingerprint density at radius 1 is 1.43 bits per heavy atom. The molecule has 5 heteroatoms. The van der Waals surface area contributed by atoms with Crippen LogP contribution in [0.15, 0.2) is 24.3 Å². The third-order valence-electron chi connectivity index (χ3n) is 1.55. The standard InChI is InChI=1S/C9H12O3S.Mg/c1-2-12-9-6-4-3-5-8(9)7-13(10)11;/h3-6H,2,7H2,1H3,(H,10,11);/q;+2. The van der Waals surface area contributed by atoms with E-state index < -0.39 is 11.1 Å². The maximum absolute atomic E-state index is 10.6. The molecule has 1 atom stereocenters. The average Bonchev–Trinajstić information content (AvgIpc) is 2.08. The van der Waals surface area contributed by atoms with Gasteiger partial charge in [-0.05, 0) is 13.0 Å². The van der Waals surface area contributed by atoms with Crippen molar-refractivity contribution in [1.82, 2.24) is 0 Å². The molecule has 0 aliphatic carbocycles.